The van der Waals surface area contributed by atoms with E-state index in [1.54, 1.807) is 0 Å². The van der Waals surface area contributed by atoms with Crippen molar-refractivity contribution in [2.75, 3.05) is 0 Å². The van der Waals surface area contributed by atoms with E-state index in [1.165, 1.54) is 59.1 Å². The zero-order chi connectivity index (χ0) is 26.6. The highest BCUT2D eigenvalue weighted by Crippen LogP contribution is 2.46. The SMILES string of the molecule is CCCCc1ccc(CC)c(OP(Oc2c(CC)ccc(CCCC)c2CC)c2ccccc2)c1CC. The summed E-state index contributed by atoms with van der Waals surface area (Å²) in [7, 11) is -1.35. The van der Waals surface area contributed by atoms with Crippen molar-refractivity contribution in [2.24, 2.45) is 0 Å². The van der Waals surface area contributed by atoms with Gasteiger partial charge in [-0.15, -0.1) is 0 Å². The van der Waals surface area contributed by atoms with E-state index < -0.39 is 8.38 Å². The van der Waals surface area contributed by atoms with Crippen LogP contribution in [0.2, 0.25) is 0 Å². The summed E-state index contributed by atoms with van der Waals surface area (Å²) in [5.41, 5.74) is 8.08. The van der Waals surface area contributed by atoms with E-state index in [2.05, 4.69) is 96.1 Å². The van der Waals surface area contributed by atoms with Crippen LogP contribution in [0, 0.1) is 0 Å². The molecule has 3 aromatic rings. The monoisotopic (exact) mass is 518 g/mol. The molecule has 0 spiro atoms. The van der Waals surface area contributed by atoms with E-state index in [4.69, 9.17) is 9.05 Å². The maximum atomic E-state index is 7.03. The van der Waals surface area contributed by atoms with Crippen molar-refractivity contribution in [3.8, 4) is 11.5 Å². The highest BCUT2D eigenvalue weighted by Gasteiger charge is 2.25. The van der Waals surface area contributed by atoms with Gasteiger partial charge in [-0.25, -0.2) is 0 Å². The predicted octanol–water partition coefficient (Wildman–Crippen LogP) is 9.72. The molecule has 0 N–H and O–H groups in total. The van der Waals surface area contributed by atoms with E-state index in [9.17, 15) is 0 Å². The first-order chi connectivity index (χ1) is 18.1. The largest absolute Gasteiger partial charge is 0.435 e. The lowest BCUT2D eigenvalue weighted by Crippen LogP contribution is -2.14. The first-order valence-corrected chi connectivity index (χ1v) is 15.8. The number of aryl methyl sites for hydroxylation is 4. The molecular formula is C34H47O2P. The standard InChI is InChI=1S/C34H47O2P/c1-7-13-18-28-24-22-26(9-3)33(31(28)11-5)35-37(30-20-16-15-17-21-30)36-34-27(10-4)23-25-29(19-14-8-2)32(34)12-6/h15-17,20-25H,7-14,18-19H2,1-6H3. The summed E-state index contributed by atoms with van der Waals surface area (Å²) in [6.45, 7) is 13.5. The van der Waals surface area contributed by atoms with Gasteiger partial charge >= 0.3 is 8.38 Å². The fourth-order valence-electron chi connectivity index (χ4n) is 5.04. The van der Waals surface area contributed by atoms with Crippen LogP contribution >= 0.6 is 8.38 Å². The van der Waals surface area contributed by atoms with Crippen LogP contribution in [0.25, 0.3) is 0 Å². The number of hydrogen-bond donors (Lipinski definition) is 0. The minimum Gasteiger partial charge on any atom is -0.435 e. The third-order valence-corrected chi connectivity index (χ3v) is 8.68. The molecule has 0 aromatic heterocycles. The third kappa shape index (κ3) is 7.38. The normalized spacial score (nSPS) is 11.2. The molecule has 37 heavy (non-hydrogen) atoms. The highest BCUT2D eigenvalue weighted by atomic mass is 31.2. The van der Waals surface area contributed by atoms with Gasteiger partial charge < -0.3 is 9.05 Å². The number of rotatable bonds is 15. The Morgan fingerprint density at radius 1 is 0.514 bits per heavy atom. The molecule has 3 heteroatoms. The quantitative estimate of drug-likeness (QED) is 0.186. The minimum atomic E-state index is -1.35. The van der Waals surface area contributed by atoms with Crippen molar-refractivity contribution in [2.45, 2.75) is 106 Å². The van der Waals surface area contributed by atoms with Gasteiger partial charge in [0, 0.05) is 0 Å². The van der Waals surface area contributed by atoms with Crippen molar-refractivity contribution in [1.29, 1.82) is 0 Å². The molecule has 0 fully saturated rings. The van der Waals surface area contributed by atoms with Crippen LogP contribution in [0.5, 0.6) is 11.5 Å². The van der Waals surface area contributed by atoms with Crippen LogP contribution in [-0.2, 0) is 38.5 Å². The maximum Gasteiger partial charge on any atom is 0.326 e. The number of hydrogen-bond acceptors (Lipinski definition) is 2. The molecule has 0 heterocycles. The molecule has 0 aliphatic carbocycles. The lowest BCUT2D eigenvalue weighted by Gasteiger charge is -2.26. The van der Waals surface area contributed by atoms with E-state index in [0.717, 1.165) is 55.3 Å². The van der Waals surface area contributed by atoms with Gasteiger partial charge in [0.05, 0.1) is 5.30 Å². The molecule has 0 bridgehead atoms. The highest BCUT2D eigenvalue weighted by molar-refractivity contribution is 7.56. The van der Waals surface area contributed by atoms with Gasteiger partial charge in [0.25, 0.3) is 0 Å². The maximum absolute atomic E-state index is 7.03. The van der Waals surface area contributed by atoms with Gasteiger partial charge in [-0.2, -0.15) is 0 Å². The van der Waals surface area contributed by atoms with Crippen molar-refractivity contribution >= 4 is 13.7 Å². The second-order valence-corrected chi connectivity index (χ2v) is 11.2. The Bertz CT molecular complexity index is 1040. The summed E-state index contributed by atoms with van der Waals surface area (Å²) < 4.78 is 14.1. The fourth-order valence-corrected chi connectivity index (χ4v) is 6.49. The molecule has 0 amide bonds. The van der Waals surface area contributed by atoms with Gasteiger partial charge in [-0.05, 0) is 96.9 Å². The van der Waals surface area contributed by atoms with Crippen LogP contribution in [-0.4, -0.2) is 0 Å². The zero-order valence-electron chi connectivity index (χ0n) is 24.0. The number of benzene rings is 3. The van der Waals surface area contributed by atoms with Gasteiger partial charge in [0.2, 0.25) is 0 Å². The summed E-state index contributed by atoms with van der Waals surface area (Å²) in [6, 6.07) is 19.8. The first kappa shape index (κ1) is 29.2. The van der Waals surface area contributed by atoms with Gasteiger partial charge in [-0.1, -0.05) is 96.8 Å². The molecule has 0 aliphatic rings. The molecule has 0 saturated carbocycles. The fraction of sp³-hybridized carbons (Fsp3) is 0.471. The topological polar surface area (TPSA) is 18.5 Å². The zero-order valence-corrected chi connectivity index (χ0v) is 24.9. The first-order valence-electron chi connectivity index (χ1n) is 14.6. The van der Waals surface area contributed by atoms with Gasteiger partial charge in [0.15, 0.2) is 0 Å². The molecule has 200 valence electrons. The molecule has 0 aliphatic heterocycles. The van der Waals surface area contributed by atoms with Crippen molar-refractivity contribution < 1.29 is 9.05 Å². The molecule has 3 rings (SSSR count). The van der Waals surface area contributed by atoms with Gasteiger partial charge in [0.1, 0.15) is 11.5 Å². The predicted molar refractivity (Wildman–Crippen MR) is 162 cm³/mol. The summed E-state index contributed by atoms with van der Waals surface area (Å²) in [5, 5.41) is 1.11. The molecule has 0 radical (unpaired) electrons. The second-order valence-electron chi connectivity index (χ2n) is 9.78. The Morgan fingerprint density at radius 2 is 0.946 bits per heavy atom. The van der Waals surface area contributed by atoms with Crippen molar-refractivity contribution in [3.63, 3.8) is 0 Å². The lowest BCUT2D eigenvalue weighted by atomic mass is 9.95. The Labute approximate surface area is 227 Å². The van der Waals surface area contributed by atoms with Crippen molar-refractivity contribution in [1.82, 2.24) is 0 Å². The summed E-state index contributed by atoms with van der Waals surface area (Å²) in [6.07, 6.45) is 10.8. The van der Waals surface area contributed by atoms with Crippen LogP contribution in [0.15, 0.2) is 54.6 Å². The minimum absolute atomic E-state index is 0.946. The van der Waals surface area contributed by atoms with Crippen LogP contribution in [0.3, 0.4) is 0 Å². The van der Waals surface area contributed by atoms with E-state index in [0.29, 0.717) is 0 Å². The molecule has 0 unspecified atom stereocenters. The van der Waals surface area contributed by atoms with E-state index in [-0.39, 0.29) is 0 Å². The number of unbranched alkanes of at least 4 members (excludes halogenated alkanes) is 2. The smallest absolute Gasteiger partial charge is 0.326 e. The Kier molecular flexibility index (Phi) is 12.0. The second kappa shape index (κ2) is 15.2. The molecule has 2 nitrogen and oxygen atoms in total. The van der Waals surface area contributed by atoms with Crippen LogP contribution < -0.4 is 14.4 Å². The summed E-state index contributed by atoms with van der Waals surface area (Å²) in [4.78, 5) is 0. The van der Waals surface area contributed by atoms with Crippen molar-refractivity contribution in [3.05, 3.63) is 88.0 Å². The average Bonchev–Trinajstić information content (AvgIpc) is 2.94. The summed E-state index contributed by atoms with van der Waals surface area (Å²) in [5.74, 6) is 2.10. The molecule has 3 aromatic carbocycles. The molecular weight excluding hydrogens is 471 g/mol. The van der Waals surface area contributed by atoms with E-state index in [1.807, 2.05) is 0 Å². The third-order valence-electron chi connectivity index (χ3n) is 7.26. The van der Waals surface area contributed by atoms with Gasteiger partial charge in [-0.3, -0.25) is 0 Å². The Morgan fingerprint density at radius 3 is 1.32 bits per heavy atom. The Balaban J connectivity index is 2.11. The molecule has 0 atom stereocenters. The lowest BCUT2D eigenvalue weighted by molar-refractivity contribution is 0.487. The van der Waals surface area contributed by atoms with Crippen LogP contribution in [0.1, 0.15) is 101 Å². The molecule has 0 saturated heterocycles. The Hall–Kier alpha value is -2.31. The van der Waals surface area contributed by atoms with E-state index >= 15 is 0 Å². The van der Waals surface area contributed by atoms with Crippen LogP contribution in [0.4, 0.5) is 0 Å². The average molecular weight is 519 g/mol. The summed E-state index contributed by atoms with van der Waals surface area (Å²) >= 11 is 0.